The van der Waals surface area contributed by atoms with Crippen LogP contribution in [-0.2, 0) is 0 Å². The quantitative estimate of drug-likeness (QED) is 0.526. The van der Waals surface area contributed by atoms with Crippen LogP contribution in [0.4, 0.5) is 0 Å². The average Bonchev–Trinajstić information content (AvgIpc) is 2.41. The Bertz CT molecular complexity index is 184. The highest BCUT2D eigenvalue weighted by molar-refractivity contribution is 5.27. The monoisotopic (exact) mass is 224 g/mol. The van der Waals surface area contributed by atoms with Crippen LogP contribution in [0.15, 0.2) is 23.3 Å². The van der Waals surface area contributed by atoms with Gasteiger partial charge in [-0.3, -0.25) is 0 Å². The Labute approximate surface area is 104 Å². The van der Waals surface area contributed by atoms with Crippen molar-refractivity contribution < 1.29 is 0 Å². The highest BCUT2D eigenvalue weighted by Crippen LogP contribution is 2.22. The van der Waals surface area contributed by atoms with Crippen molar-refractivity contribution >= 4 is 0 Å². The van der Waals surface area contributed by atoms with Crippen LogP contribution in [0.2, 0.25) is 0 Å². The summed E-state index contributed by atoms with van der Waals surface area (Å²) in [5.74, 6) is 0. The average molecular weight is 224 g/mol. The number of hydrogen-bond acceptors (Lipinski definition) is 0. The van der Waals surface area contributed by atoms with Crippen LogP contribution >= 0.6 is 0 Å². The number of hydrogen-bond donors (Lipinski definition) is 0. The summed E-state index contributed by atoms with van der Waals surface area (Å²) in [6.45, 7) is 12.5. The van der Waals surface area contributed by atoms with Gasteiger partial charge in [0.1, 0.15) is 0 Å². The van der Waals surface area contributed by atoms with E-state index in [2.05, 4.69) is 26.0 Å². The van der Waals surface area contributed by atoms with Crippen molar-refractivity contribution in [1.29, 1.82) is 0 Å². The summed E-state index contributed by atoms with van der Waals surface area (Å²) in [4.78, 5) is 0. The van der Waals surface area contributed by atoms with E-state index in [-0.39, 0.29) is 0 Å². The molecular weight excluding hydrogens is 192 g/mol. The van der Waals surface area contributed by atoms with Crippen LogP contribution in [0, 0.1) is 0 Å². The molecule has 0 spiro atoms. The van der Waals surface area contributed by atoms with Crippen molar-refractivity contribution in [2.45, 2.75) is 80.1 Å². The van der Waals surface area contributed by atoms with Gasteiger partial charge in [0.2, 0.25) is 0 Å². The minimum Gasteiger partial charge on any atom is -0.0810 e. The van der Waals surface area contributed by atoms with Crippen LogP contribution in [0.3, 0.4) is 0 Å². The highest BCUT2D eigenvalue weighted by Gasteiger charge is 2.02. The van der Waals surface area contributed by atoms with Crippen molar-refractivity contribution in [3.8, 4) is 0 Å². The van der Waals surface area contributed by atoms with Crippen molar-refractivity contribution in [2.24, 2.45) is 0 Å². The maximum absolute atomic E-state index is 2.42. The van der Waals surface area contributed by atoms with Gasteiger partial charge in [0.15, 0.2) is 0 Å². The zero-order chi connectivity index (χ0) is 12.8. The normalized spacial score (nSPS) is 13.6. The van der Waals surface area contributed by atoms with E-state index in [0.29, 0.717) is 0 Å². The van der Waals surface area contributed by atoms with E-state index in [0.717, 1.165) is 0 Å². The Morgan fingerprint density at radius 1 is 1.06 bits per heavy atom. The maximum atomic E-state index is 2.42. The summed E-state index contributed by atoms with van der Waals surface area (Å²) in [7, 11) is 0. The second kappa shape index (κ2) is 14.5. The Kier molecular flexibility index (Phi) is 16.2. The van der Waals surface area contributed by atoms with Gasteiger partial charge >= 0.3 is 0 Å². The molecule has 0 aromatic heterocycles. The van der Waals surface area contributed by atoms with E-state index in [4.69, 9.17) is 0 Å². The lowest BCUT2D eigenvalue weighted by atomic mass is 9.94. The number of rotatable bonds is 4. The second-order valence-corrected chi connectivity index (χ2v) is 3.58. The van der Waals surface area contributed by atoms with Gasteiger partial charge in [-0.1, -0.05) is 71.3 Å². The molecule has 0 unspecified atom stereocenters. The SMILES string of the molecule is CC.CC.CCCCC1=CC(CC)=CCC1. The van der Waals surface area contributed by atoms with Crippen LogP contribution < -0.4 is 0 Å². The fourth-order valence-electron chi connectivity index (χ4n) is 1.68. The van der Waals surface area contributed by atoms with Gasteiger partial charge < -0.3 is 0 Å². The van der Waals surface area contributed by atoms with E-state index >= 15 is 0 Å². The van der Waals surface area contributed by atoms with Gasteiger partial charge in [0, 0.05) is 0 Å². The molecule has 0 heteroatoms. The third-order valence-corrected chi connectivity index (χ3v) is 2.52. The molecule has 1 aliphatic carbocycles. The second-order valence-electron chi connectivity index (χ2n) is 3.58. The molecule has 0 atom stereocenters. The Morgan fingerprint density at radius 2 is 1.69 bits per heavy atom. The minimum atomic E-state index is 1.20. The molecule has 0 nitrogen and oxygen atoms in total. The van der Waals surface area contributed by atoms with Gasteiger partial charge in [-0.25, -0.2) is 0 Å². The van der Waals surface area contributed by atoms with E-state index in [1.165, 1.54) is 38.5 Å². The highest BCUT2D eigenvalue weighted by atomic mass is 14.1. The maximum Gasteiger partial charge on any atom is -0.0282 e. The van der Waals surface area contributed by atoms with E-state index in [1.807, 2.05) is 27.7 Å². The standard InChI is InChI=1S/C12H20.2C2H6/c1-3-5-7-12-9-6-8-11(4-2)10-12;2*1-2/h8,10H,3-7,9H2,1-2H3;2*1-2H3. The van der Waals surface area contributed by atoms with Crippen molar-refractivity contribution in [1.82, 2.24) is 0 Å². The number of unbranched alkanes of at least 4 members (excludes halogenated alkanes) is 1. The van der Waals surface area contributed by atoms with Crippen LogP contribution in [0.25, 0.3) is 0 Å². The van der Waals surface area contributed by atoms with Crippen molar-refractivity contribution in [3.05, 3.63) is 23.3 Å². The van der Waals surface area contributed by atoms with Crippen LogP contribution in [-0.4, -0.2) is 0 Å². The molecule has 1 rings (SSSR count). The molecule has 16 heavy (non-hydrogen) atoms. The molecule has 0 amide bonds. The molecule has 1 aliphatic rings. The Balaban J connectivity index is 0. The molecule has 0 fully saturated rings. The van der Waals surface area contributed by atoms with Crippen LogP contribution in [0.1, 0.15) is 80.1 Å². The zero-order valence-electron chi connectivity index (χ0n) is 12.4. The van der Waals surface area contributed by atoms with E-state index < -0.39 is 0 Å². The molecule has 0 saturated heterocycles. The van der Waals surface area contributed by atoms with Gasteiger partial charge in [0.05, 0.1) is 0 Å². The molecule has 0 bridgehead atoms. The molecule has 0 heterocycles. The Hall–Kier alpha value is -0.520. The summed E-state index contributed by atoms with van der Waals surface area (Å²) in [5.41, 5.74) is 3.23. The first-order valence-corrected chi connectivity index (χ1v) is 7.25. The predicted molar refractivity (Wildman–Crippen MR) is 77.9 cm³/mol. The smallest absolute Gasteiger partial charge is 0.0282 e. The molecule has 0 saturated carbocycles. The fraction of sp³-hybridized carbons (Fsp3) is 0.750. The zero-order valence-corrected chi connectivity index (χ0v) is 12.4. The molecule has 0 aliphatic heterocycles. The first-order valence-electron chi connectivity index (χ1n) is 7.25. The van der Waals surface area contributed by atoms with Gasteiger partial charge in [-0.15, -0.1) is 0 Å². The summed E-state index contributed by atoms with van der Waals surface area (Å²) >= 11 is 0. The molecular formula is C16H32. The van der Waals surface area contributed by atoms with Gasteiger partial charge in [-0.05, 0) is 32.1 Å². The summed E-state index contributed by atoms with van der Waals surface area (Å²) < 4.78 is 0. The fourth-order valence-corrected chi connectivity index (χ4v) is 1.68. The summed E-state index contributed by atoms with van der Waals surface area (Å²) in [5, 5.41) is 0. The van der Waals surface area contributed by atoms with Gasteiger partial charge in [0.25, 0.3) is 0 Å². The Morgan fingerprint density at radius 3 is 2.19 bits per heavy atom. The lowest BCUT2D eigenvalue weighted by molar-refractivity contribution is 0.745. The molecule has 0 aromatic carbocycles. The third-order valence-electron chi connectivity index (χ3n) is 2.52. The molecule has 0 aromatic rings. The summed E-state index contributed by atoms with van der Waals surface area (Å²) in [6, 6.07) is 0. The van der Waals surface area contributed by atoms with Gasteiger partial charge in [-0.2, -0.15) is 0 Å². The summed E-state index contributed by atoms with van der Waals surface area (Å²) in [6.07, 6.45) is 12.6. The first-order chi connectivity index (χ1) is 7.86. The predicted octanol–water partition coefficient (Wildman–Crippen LogP) is 6.29. The minimum absolute atomic E-state index is 1.20. The van der Waals surface area contributed by atoms with E-state index in [1.54, 1.807) is 11.1 Å². The van der Waals surface area contributed by atoms with Crippen molar-refractivity contribution in [3.63, 3.8) is 0 Å². The lowest BCUT2D eigenvalue weighted by Gasteiger charge is -2.12. The van der Waals surface area contributed by atoms with E-state index in [9.17, 15) is 0 Å². The van der Waals surface area contributed by atoms with Crippen molar-refractivity contribution in [2.75, 3.05) is 0 Å². The largest absolute Gasteiger partial charge is 0.0810 e. The van der Waals surface area contributed by atoms with Crippen LogP contribution in [0.5, 0.6) is 0 Å². The first kappa shape index (κ1) is 17.9. The number of allylic oxidation sites excluding steroid dienone is 4. The lowest BCUT2D eigenvalue weighted by Crippen LogP contribution is -1.92. The molecule has 0 radical (unpaired) electrons. The third kappa shape index (κ3) is 8.76. The molecule has 96 valence electrons. The topological polar surface area (TPSA) is 0 Å². The molecule has 0 N–H and O–H groups in total.